The highest BCUT2D eigenvalue weighted by Crippen LogP contribution is 2.37. The largest absolute Gasteiger partial charge is 0.468 e. The van der Waals surface area contributed by atoms with E-state index >= 15 is 0 Å². The molecule has 6 nitrogen and oxygen atoms in total. The lowest BCUT2D eigenvalue weighted by Crippen LogP contribution is -2.43. The van der Waals surface area contributed by atoms with E-state index in [-0.39, 0.29) is 30.7 Å². The first-order valence-electron chi connectivity index (χ1n) is 11.8. The minimum absolute atomic E-state index is 0.0530. The predicted molar refractivity (Wildman–Crippen MR) is 132 cm³/mol. The van der Waals surface area contributed by atoms with Crippen molar-refractivity contribution >= 4 is 19.9 Å². The van der Waals surface area contributed by atoms with E-state index in [9.17, 15) is 16.8 Å². The standard InChI is InChI=1S/C25H37NO5S2/c1-17(2)20-14-23(18(3)4)25(24(15-20)19(5)6)33(29,30)26-11-9-22(10-12-26)32(27,28)16-21-8-7-13-31-21/h7-8,13-15,17-19,22H,9-12,16H2,1-6H3. The molecule has 0 aliphatic carbocycles. The molecule has 1 aliphatic heterocycles. The monoisotopic (exact) mass is 495 g/mol. The number of furan rings is 1. The molecule has 0 bridgehead atoms. The number of sulfonamides is 1. The molecule has 184 valence electrons. The van der Waals surface area contributed by atoms with Crippen molar-refractivity contribution in [2.24, 2.45) is 0 Å². The number of hydrogen-bond donors (Lipinski definition) is 0. The molecule has 3 rings (SSSR count). The second-order valence-corrected chi connectivity index (χ2v) is 14.1. The summed E-state index contributed by atoms with van der Waals surface area (Å²) in [6.07, 6.45) is 2.05. The van der Waals surface area contributed by atoms with E-state index in [4.69, 9.17) is 4.42 Å². The first-order chi connectivity index (χ1) is 15.3. The Hall–Kier alpha value is -1.64. The van der Waals surface area contributed by atoms with Crippen LogP contribution in [0.25, 0.3) is 0 Å². The number of rotatable bonds is 8. The average molecular weight is 496 g/mol. The number of benzene rings is 1. The molecular weight excluding hydrogens is 458 g/mol. The highest BCUT2D eigenvalue weighted by molar-refractivity contribution is 7.91. The van der Waals surface area contributed by atoms with Crippen LogP contribution < -0.4 is 0 Å². The smallest absolute Gasteiger partial charge is 0.243 e. The molecule has 0 saturated carbocycles. The molecule has 33 heavy (non-hydrogen) atoms. The zero-order valence-corrected chi connectivity index (χ0v) is 22.2. The Bertz CT molecular complexity index is 1130. The summed E-state index contributed by atoms with van der Waals surface area (Å²) in [5.41, 5.74) is 2.83. The van der Waals surface area contributed by atoms with Crippen LogP contribution >= 0.6 is 0 Å². The molecule has 0 unspecified atom stereocenters. The number of piperidine rings is 1. The minimum atomic E-state index is -3.75. The molecule has 1 aromatic heterocycles. The molecule has 1 aromatic carbocycles. The van der Waals surface area contributed by atoms with Gasteiger partial charge in [-0.3, -0.25) is 0 Å². The van der Waals surface area contributed by atoms with Crippen LogP contribution in [0, 0.1) is 0 Å². The van der Waals surface area contributed by atoms with Crippen molar-refractivity contribution < 1.29 is 21.3 Å². The van der Waals surface area contributed by atoms with Gasteiger partial charge in [0.15, 0.2) is 9.84 Å². The van der Waals surface area contributed by atoms with Gasteiger partial charge in [-0.15, -0.1) is 0 Å². The maximum Gasteiger partial charge on any atom is 0.243 e. The molecule has 1 fully saturated rings. The molecule has 2 aromatic rings. The molecule has 0 spiro atoms. The Balaban J connectivity index is 1.91. The van der Waals surface area contributed by atoms with Crippen LogP contribution in [-0.4, -0.2) is 39.5 Å². The first-order valence-corrected chi connectivity index (χ1v) is 14.9. The fraction of sp³-hybridized carbons (Fsp3) is 0.600. The predicted octanol–water partition coefficient (Wildman–Crippen LogP) is 5.42. The molecule has 2 heterocycles. The van der Waals surface area contributed by atoms with Crippen LogP contribution in [0.2, 0.25) is 0 Å². The van der Waals surface area contributed by atoms with Gasteiger partial charge < -0.3 is 4.42 Å². The van der Waals surface area contributed by atoms with Gasteiger partial charge in [0.25, 0.3) is 0 Å². The van der Waals surface area contributed by atoms with Crippen molar-refractivity contribution in [1.82, 2.24) is 4.31 Å². The fourth-order valence-electron chi connectivity index (χ4n) is 4.46. The summed E-state index contributed by atoms with van der Waals surface area (Å²) in [6, 6.07) is 7.39. The first kappa shape index (κ1) is 26.0. The second kappa shape index (κ2) is 9.92. The Morgan fingerprint density at radius 3 is 1.88 bits per heavy atom. The van der Waals surface area contributed by atoms with Crippen LogP contribution in [-0.2, 0) is 25.6 Å². The van der Waals surface area contributed by atoms with E-state index in [1.165, 1.54) is 10.6 Å². The molecule has 1 saturated heterocycles. The molecule has 0 N–H and O–H groups in total. The third-order valence-corrected chi connectivity index (χ3v) is 10.7. The lowest BCUT2D eigenvalue weighted by Gasteiger charge is -2.33. The Morgan fingerprint density at radius 1 is 0.909 bits per heavy atom. The third-order valence-electron chi connectivity index (χ3n) is 6.51. The zero-order chi connectivity index (χ0) is 24.6. The van der Waals surface area contributed by atoms with E-state index in [0.29, 0.717) is 29.4 Å². The van der Waals surface area contributed by atoms with E-state index in [2.05, 4.69) is 13.8 Å². The summed E-state index contributed by atoms with van der Waals surface area (Å²) < 4.78 is 60.2. The molecule has 0 amide bonds. The number of sulfone groups is 1. The zero-order valence-electron chi connectivity index (χ0n) is 20.5. The van der Waals surface area contributed by atoms with Crippen molar-refractivity contribution in [2.45, 2.75) is 88.0 Å². The highest BCUT2D eigenvalue weighted by Gasteiger charge is 2.37. The lowest BCUT2D eigenvalue weighted by molar-refractivity contribution is 0.344. The second-order valence-electron chi connectivity index (χ2n) is 9.98. The summed E-state index contributed by atoms with van der Waals surface area (Å²) in [7, 11) is -7.17. The third kappa shape index (κ3) is 5.54. The van der Waals surface area contributed by atoms with Crippen molar-refractivity contribution in [3.63, 3.8) is 0 Å². The van der Waals surface area contributed by atoms with E-state index < -0.39 is 25.1 Å². The van der Waals surface area contributed by atoms with E-state index in [1.807, 2.05) is 39.8 Å². The summed E-state index contributed by atoms with van der Waals surface area (Å²) in [5, 5.41) is -0.563. The number of nitrogens with zero attached hydrogens (tertiary/aromatic N) is 1. The van der Waals surface area contributed by atoms with Gasteiger partial charge in [0, 0.05) is 13.1 Å². The molecule has 1 aliphatic rings. The average Bonchev–Trinajstić information content (AvgIpc) is 3.25. The maximum atomic E-state index is 13.9. The lowest BCUT2D eigenvalue weighted by atomic mass is 9.89. The molecule has 8 heteroatoms. The van der Waals surface area contributed by atoms with Gasteiger partial charge in [-0.05, 0) is 59.4 Å². The van der Waals surface area contributed by atoms with E-state index in [0.717, 1.165) is 16.7 Å². The SMILES string of the molecule is CC(C)c1cc(C(C)C)c(S(=O)(=O)N2CCC(S(=O)(=O)Cc3ccco3)CC2)c(C(C)C)c1. The number of hydrogen-bond acceptors (Lipinski definition) is 5. The van der Waals surface area contributed by atoms with Crippen LogP contribution in [0.1, 0.15) is 94.6 Å². The van der Waals surface area contributed by atoms with Gasteiger partial charge >= 0.3 is 0 Å². The summed E-state index contributed by atoms with van der Waals surface area (Å²) >= 11 is 0. The normalized spacial score (nSPS) is 16.9. The van der Waals surface area contributed by atoms with Crippen molar-refractivity contribution in [3.8, 4) is 0 Å². The topological polar surface area (TPSA) is 84.7 Å². The van der Waals surface area contributed by atoms with Crippen molar-refractivity contribution in [1.29, 1.82) is 0 Å². The van der Waals surface area contributed by atoms with Crippen molar-refractivity contribution in [3.05, 3.63) is 53.0 Å². The van der Waals surface area contributed by atoms with E-state index in [1.54, 1.807) is 12.1 Å². The minimum Gasteiger partial charge on any atom is -0.468 e. The maximum absolute atomic E-state index is 13.9. The Labute approximate surface area is 199 Å². The quantitative estimate of drug-likeness (QED) is 0.488. The summed E-state index contributed by atoms with van der Waals surface area (Å²) in [6.45, 7) is 12.7. The molecule has 0 atom stereocenters. The van der Waals surface area contributed by atoms with Gasteiger partial charge in [-0.25, -0.2) is 16.8 Å². The fourth-order valence-corrected chi connectivity index (χ4v) is 8.32. The molecular formula is C25H37NO5S2. The van der Waals surface area contributed by atoms with Crippen LogP contribution in [0.3, 0.4) is 0 Å². The van der Waals surface area contributed by atoms with Crippen LogP contribution in [0.4, 0.5) is 0 Å². The van der Waals surface area contributed by atoms with Gasteiger partial charge in [-0.2, -0.15) is 4.31 Å². The van der Waals surface area contributed by atoms with Gasteiger partial charge in [0.1, 0.15) is 11.5 Å². The van der Waals surface area contributed by atoms with Crippen LogP contribution in [0.15, 0.2) is 39.8 Å². The highest BCUT2D eigenvalue weighted by atomic mass is 32.2. The van der Waals surface area contributed by atoms with Gasteiger partial charge in [-0.1, -0.05) is 53.7 Å². The van der Waals surface area contributed by atoms with Crippen molar-refractivity contribution in [2.75, 3.05) is 13.1 Å². The Morgan fingerprint density at radius 2 is 1.45 bits per heavy atom. The van der Waals surface area contributed by atoms with Gasteiger partial charge in [0.05, 0.1) is 16.4 Å². The summed E-state index contributed by atoms with van der Waals surface area (Å²) in [5.74, 6) is 0.669. The van der Waals surface area contributed by atoms with Crippen LogP contribution in [0.5, 0.6) is 0 Å². The van der Waals surface area contributed by atoms with Gasteiger partial charge in [0.2, 0.25) is 10.0 Å². The summed E-state index contributed by atoms with van der Waals surface area (Å²) in [4.78, 5) is 0.411. The molecule has 0 radical (unpaired) electrons. The Kier molecular flexibility index (Phi) is 7.81.